The molecule has 0 aromatic carbocycles. The van der Waals surface area contributed by atoms with E-state index in [-0.39, 0.29) is 5.60 Å². The van der Waals surface area contributed by atoms with Crippen LogP contribution >= 0.6 is 0 Å². The van der Waals surface area contributed by atoms with Crippen molar-refractivity contribution in [1.29, 1.82) is 0 Å². The van der Waals surface area contributed by atoms with Crippen LogP contribution in [0.5, 0.6) is 0 Å². The normalized spacial score (nSPS) is 15.7. The first-order valence-corrected chi connectivity index (χ1v) is 4.22. The molecule has 0 bridgehead atoms. The van der Waals surface area contributed by atoms with E-state index >= 15 is 0 Å². The zero-order valence-electron chi connectivity index (χ0n) is 8.35. The largest absolute Gasteiger partial charge is 0.375 e. The summed E-state index contributed by atoms with van der Waals surface area (Å²) in [6.07, 6.45) is 4.22. The van der Waals surface area contributed by atoms with Gasteiger partial charge in [0.25, 0.3) is 0 Å². The van der Waals surface area contributed by atoms with Gasteiger partial charge in [0.2, 0.25) is 0 Å². The highest BCUT2D eigenvalue weighted by Gasteiger charge is 2.10. The molecule has 0 aliphatic heterocycles. The molecule has 0 N–H and O–H groups in total. The molecule has 0 aliphatic rings. The highest BCUT2D eigenvalue weighted by atomic mass is 16.5. The molecule has 0 aliphatic carbocycles. The summed E-state index contributed by atoms with van der Waals surface area (Å²) in [6, 6.07) is 0. The van der Waals surface area contributed by atoms with Crippen molar-refractivity contribution in [3.63, 3.8) is 0 Å². The van der Waals surface area contributed by atoms with Crippen LogP contribution in [-0.2, 0) is 4.74 Å². The highest BCUT2D eigenvalue weighted by molar-refractivity contribution is 4.83. The van der Waals surface area contributed by atoms with Crippen LogP contribution in [0.25, 0.3) is 0 Å². The summed E-state index contributed by atoms with van der Waals surface area (Å²) in [5, 5.41) is 0. The topological polar surface area (TPSA) is 9.23 Å². The molecule has 0 fully saturated rings. The van der Waals surface area contributed by atoms with Crippen molar-refractivity contribution in [3.8, 4) is 0 Å². The monoisotopic (exact) mass is 156 g/mol. The maximum Gasteiger partial charge on any atom is 0.0598 e. The minimum Gasteiger partial charge on any atom is -0.375 e. The molecule has 0 spiro atoms. The molecule has 0 aromatic heterocycles. The molecule has 0 rings (SSSR count). The van der Waals surface area contributed by atoms with Crippen molar-refractivity contribution in [2.75, 3.05) is 6.61 Å². The van der Waals surface area contributed by atoms with Crippen molar-refractivity contribution < 1.29 is 4.74 Å². The van der Waals surface area contributed by atoms with Gasteiger partial charge in [-0.15, -0.1) is 0 Å². The van der Waals surface area contributed by atoms with Crippen LogP contribution in [0.3, 0.4) is 0 Å². The molecular weight excluding hydrogens is 136 g/mol. The third-order valence-electron chi connectivity index (χ3n) is 1.30. The van der Waals surface area contributed by atoms with E-state index in [9.17, 15) is 0 Å². The van der Waals surface area contributed by atoms with Crippen molar-refractivity contribution in [2.24, 2.45) is 5.92 Å². The summed E-state index contributed by atoms with van der Waals surface area (Å²) < 4.78 is 5.59. The van der Waals surface area contributed by atoms with Gasteiger partial charge in [0.1, 0.15) is 0 Å². The average molecular weight is 156 g/mol. The lowest BCUT2D eigenvalue weighted by molar-refractivity contribution is -0.0129. The van der Waals surface area contributed by atoms with E-state index in [0.717, 1.165) is 6.61 Å². The maximum atomic E-state index is 5.59. The van der Waals surface area contributed by atoms with Crippen molar-refractivity contribution in [2.45, 2.75) is 40.2 Å². The molecule has 0 aromatic rings. The van der Waals surface area contributed by atoms with Crippen LogP contribution in [0.2, 0.25) is 0 Å². The Labute approximate surface area is 70.4 Å². The fourth-order valence-corrected chi connectivity index (χ4v) is 0.766. The minimum atomic E-state index is -0.00413. The summed E-state index contributed by atoms with van der Waals surface area (Å²) in [7, 11) is 0. The predicted octanol–water partition coefficient (Wildman–Crippen LogP) is 3.01. The summed E-state index contributed by atoms with van der Waals surface area (Å²) in [6.45, 7) is 11.2. The van der Waals surface area contributed by atoms with Crippen molar-refractivity contribution >= 4 is 0 Å². The standard InChI is InChI=1S/C10H20O/c1-6-7-9(2)8-11-10(3,4)5/h6-7,9H,8H2,1-5H3/b7-6-/t9-/m1/s1. The van der Waals surface area contributed by atoms with Crippen molar-refractivity contribution in [1.82, 2.24) is 0 Å². The second-order valence-corrected chi connectivity index (χ2v) is 3.93. The molecular formula is C10H20O. The van der Waals surface area contributed by atoms with Gasteiger partial charge in [0.15, 0.2) is 0 Å². The fraction of sp³-hybridized carbons (Fsp3) is 0.800. The first-order chi connectivity index (χ1) is 4.95. The molecule has 66 valence electrons. The van der Waals surface area contributed by atoms with Crippen LogP contribution in [0.1, 0.15) is 34.6 Å². The van der Waals surface area contributed by atoms with Crippen LogP contribution in [-0.4, -0.2) is 12.2 Å². The van der Waals surface area contributed by atoms with E-state index in [1.165, 1.54) is 0 Å². The SMILES string of the molecule is C/C=C\[C@@H](C)COC(C)(C)C. The Morgan fingerprint density at radius 3 is 2.27 bits per heavy atom. The van der Waals surface area contributed by atoms with Gasteiger partial charge >= 0.3 is 0 Å². The first-order valence-electron chi connectivity index (χ1n) is 4.22. The molecule has 0 radical (unpaired) electrons. The molecule has 0 saturated heterocycles. The second-order valence-electron chi connectivity index (χ2n) is 3.93. The van der Waals surface area contributed by atoms with Gasteiger partial charge in [-0.2, -0.15) is 0 Å². The van der Waals surface area contributed by atoms with Gasteiger partial charge in [-0.1, -0.05) is 19.1 Å². The van der Waals surface area contributed by atoms with E-state index in [1.807, 2.05) is 6.92 Å². The summed E-state index contributed by atoms with van der Waals surface area (Å²) in [5.74, 6) is 0.527. The Kier molecular flexibility index (Phi) is 4.43. The lowest BCUT2D eigenvalue weighted by atomic mass is 10.1. The number of hydrogen-bond donors (Lipinski definition) is 0. The molecule has 1 heteroatoms. The van der Waals surface area contributed by atoms with Gasteiger partial charge in [-0.3, -0.25) is 0 Å². The molecule has 0 saturated carbocycles. The number of allylic oxidation sites excluding steroid dienone is 1. The highest BCUT2D eigenvalue weighted by Crippen LogP contribution is 2.09. The van der Waals surface area contributed by atoms with E-state index < -0.39 is 0 Å². The van der Waals surface area contributed by atoms with Crippen LogP contribution in [0, 0.1) is 5.92 Å². The molecule has 0 unspecified atom stereocenters. The molecule has 0 heterocycles. The van der Waals surface area contributed by atoms with E-state index in [1.54, 1.807) is 0 Å². The average Bonchev–Trinajstić information content (AvgIpc) is 1.83. The van der Waals surface area contributed by atoms with E-state index in [2.05, 4.69) is 39.8 Å². The smallest absolute Gasteiger partial charge is 0.0598 e. The fourth-order valence-electron chi connectivity index (χ4n) is 0.766. The maximum absolute atomic E-state index is 5.59. The minimum absolute atomic E-state index is 0.00413. The second kappa shape index (κ2) is 4.55. The molecule has 1 atom stereocenters. The Bertz CT molecular complexity index is 119. The van der Waals surface area contributed by atoms with Gasteiger partial charge in [0.05, 0.1) is 12.2 Å². The van der Waals surface area contributed by atoms with Crippen LogP contribution in [0.15, 0.2) is 12.2 Å². The van der Waals surface area contributed by atoms with Crippen LogP contribution in [0.4, 0.5) is 0 Å². The molecule has 11 heavy (non-hydrogen) atoms. The Morgan fingerprint density at radius 1 is 1.36 bits per heavy atom. The summed E-state index contributed by atoms with van der Waals surface area (Å²) >= 11 is 0. The zero-order valence-corrected chi connectivity index (χ0v) is 8.35. The third-order valence-corrected chi connectivity index (χ3v) is 1.30. The van der Waals surface area contributed by atoms with Gasteiger partial charge in [-0.25, -0.2) is 0 Å². The number of hydrogen-bond acceptors (Lipinski definition) is 1. The predicted molar refractivity (Wildman–Crippen MR) is 49.7 cm³/mol. The molecule has 0 amide bonds. The van der Waals surface area contributed by atoms with Crippen LogP contribution < -0.4 is 0 Å². The zero-order chi connectivity index (χ0) is 8.91. The summed E-state index contributed by atoms with van der Waals surface area (Å²) in [4.78, 5) is 0. The Morgan fingerprint density at radius 2 is 1.91 bits per heavy atom. The quantitative estimate of drug-likeness (QED) is 0.571. The Balaban J connectivity index is 3.54. The van der Waals surface area contributed by atoms with Gasteiger partial charge < -0.3 is 4.74 Å². The molecule has 1 nitrogen and oxygen atoms in total. The van der Waals surface area contributed by atoms with Crippen molar-refractivity contribution in [3.05, 3.63) is 12.2 Å². The van der Waals surface area contributed by atoms with E-state index in [0.29, 0.717) is 5.92 Å². The third kappa shape index (κ3) is 7.60. The first kappa shape index (κ1) is 10.7. The number of rotatable bonds is 3. The summed E-state index contributed by atoms with van der Waals surface area (Å²) in [5.41, 5.74) is -0.00413. The van der Waals surface area contributed by atoms with Gasteiger partial charge in [-0.05, 0) is 33.6 Å². The Hall–Kier alpha value is -0.300. The number of ether oxygens (including phenoxy) is 1. The van der Waals surface area contributed by atoms with E-state index in [4.69, 9.17) is 4.74 Å². The lowest BCUT2D eigenvalue weighted by Crippen LogP contribution is -2.22. The van der Waals surface area contributed by atoms with Gasteiger partial charge in [0, 0.05) is 0 Å². The lowest BCUT2D eigenvalue weighted by Gasteiger charge is -2.21.